The normalized spacial score (nSPS) is 15.4. The van der Waals surface area contributed by atoms with Crippen LogP contribution in [0, 0.1) is 0 Å². The minimum atomic E-state index is -4.36. The predicted molar refractivity (Wildman–Crippen MR) is 130 cm³/mol. The zero-order valence-electron chi connectivity index (χ0n) is 17.4. The monoisotopic (exact) mass is 469 g/mol. The molecule has 166 valence electrons. The quantitative estimate of drug-likeness (QED) is 0.423. The van der Waals surface area contributed by atoms with Crippen molar-refractivity contribution in [1.82, 2.24) is 4.90 Å². The largest absolute Gasteiger partial charge is 0.378 e. The third kappa shape index (κ3) is 5.95. The van der Waals surface area contributed by atoms with Gasteiger partial charge in [-0.2, -0.15) is 8.42 Å². The third-order valence-electron chi connectivity index (χ3n) is 5.53. The minimum absolute atomic E-state index is 0.615. The van der Waals surface area contributed by atoms with Gasteiger partial charge in [-0.1, -0.05) is 60.1 Å². The van der Waals surface area contributed by atoms with Gasteiger partial charge in [0.25, 0.3) is 0 Å². The zero-order valence-corrected chi connectivity index (χ0v) is 19.0. The van der Waals surface area contributed by atoms with Gasteiger partial charge in [0.2, 0.25) is 0 Å². The summed E-state index contributed by atoms with van der Waals surface area (Å²) in [5.74, 6) is 0. The van der Waals surface area contributed by atoms with E-state index in [2.05, 4.69) is 50.6 Å². The highest BCUT2D eigenvalue weighted by molar-refractivity contribution is 7.84. The smallest absolute Gasteiger partial charge is 0.369 e. The van der Waals surface area contributed by atoms with E-state index < -0.39 is 10.3 Å². The molecule has 0 atom stereocenters. The standard InChI is InChI=1S/C24H24ClN3O3S/c25-22-9-7-20(8-10-22)24-4-2-1-3-21(24)18-27-13-15-28(16-14-27)23-11-5-19(6-12-23)17-26-32(29,30)31/h1-12,17H,13-16,18H2,(H,29,30,31). The molecule has 0 spiro atoms. The minimum Gasteiger partial charge on any atom is -0.369 e. The van der Waals surface area contributed by atoms with Crippen molar-refractivity contribution < 1.29 is 13.0 Å². The molecule has 0 amide bonds. The van der Waals surface area contributed by atoms with E-state index in [1.165, 1.54) is 16.7 Å². The Labute approximate surface area is 193 Å². The molecule has 0 aliphatic carbocycles. The third-order valence-corrected chi connectivity index (χ3v) is 6.16. The highest BCUT2D eigenvalue weighted by Gasteiger charge is 2.18. The Kier molecular flexibility index (Phi) is 6.91. The van der Waals surface area contributed by atoms with Gasteiger partial charge in [-0.25, -0.2) is 0 Å². The molecular weight excluding hydrogens is 446 g/mol. The topological polar surface area (TPSA) is 73.2 Å². The molecule has 1 aliphatic rings. The van der Waals surface area contributed by atoms with Crippen LogP contribution in [0.15, 0.2) is 77.2 Å². The lowest BCUT2D eigenvalue weighted by atomic mass is 9.99. The predicted octanol–water partition coefficient (Wildman–Crippen LogP) is 4.55. The van der Waals surface area contributed by atoms with Gasteiger partial charge in [0.1, 0.15) is 0 Å². The van der Waals surface area contributed by atoms with E-state index in [1.54, 1.807) is 12.1 Å². The Bertz CT molecular complexity index is 1190. The zero-order chi connectivity index (χ0) is 22.6. The summed E-state index contributed by atoms with van der Waals surface area (Å²) in [5.41, 5.74) is 5.39. The lowest BCUT2D eigenvalue weighted by Crippen LogP contribution is -2.46. The van der Waals surface area contributed by atoms with Crippen LogP contribution in [-0.2, 0) is 16.8 Å². The molecule has 0 bridgehead atoms. The molecule has 8 heteroatoms. The fourth-order valence-corrected chi connectivity index (χ4v) is 4.25. The Hall–Kier alpha value is -2.71. The molecule has 1 N–H and O–H groups in total. The van der Waals surface area contributed by atoms with Crippen molar-refractivity contribution in [3.8, 4) is 11.1 Å². The van der Waals surface area contributed by atoms with Crippen LogP contribution >= 0.6 is 11.6 Å². The first-order valence-corrected chi connectivity index (χ1v) is 12.1. The van der Waals surface area contributed by atoms with Crippen molar-refractivity contribution in [2.75, 3.05) is 31.1 Å². The molecule has 0 aromatic heterocycles. The molecule has 3 aromatic carbocycles. The van der Waals surface area contributed by atoms with E-state index >= 15 is 0 Å². The van der Waals surface area contributed by atoms with Gasteiger partial charge in [-0.15, -0.1) is 4.40 Å². The van der Waals surface area contributed by atoms with Crippen LogP contribution in [0.4, 0.5) is 5.69 Å². The Morgan fingerprint density at radius 1 is 0.906 bits per heavy atom. The molecule has 0 unspecified atom stereocenters. The van der Waals surface area contributed by atoms with Crippen LogP contribution in [0.25, 0.3) is 11.1 Å². The SMILES string of the molecule is O=S(=O)(O)N=Cc1ccc(N2CCN(Cc3ccccc3-c3ccc(Cl)cc3)CC2)cc1. The van der Waals surface area contributed by atoms with Crippen LogP contribution in [0.1, 0.15) is 11.1 Å². The second-order valence-corrected chi connectivity index (χ2v) is 9.24. The Balaban J connectivity index is 1.38. The molecule has 6 nitrogen and oxygen atoms in total. The van der Waals surface area contributed by atoms with Crippen molar-refractivity contribution in [2.24, 2.45) is 4.40 Å². The number of piperazine rings is 1. The van der Waals surface area contributed by atoms with E-state index in [4.69, 9.17) is 16.2 Å². The first kappa shape index (κ1) is 22.5. The molecule has 1 aliphatic heterocycles. The van der Waals surface area contributed by atoms with Crippen molar-refractivity contribution in [2.45, 2.75) is 6.54 Å². The molecular formula is C24H24ClN3O3S. The maximum atomic E-state index is 10.7. The fourth-order valence-electron chi connectivity index (χ4n) is 3.87. The molecule has 0 saturated carbocycles. The summed E-state index contributed by atoms with van der Waals surface area (Å²) in [4.78, 5) is 4.77. The number of anilines is 1. The second-order valence-electron chi connectivity index (χ2n) is 7.70. The number of halogens is 1. The number of benzene rings is 3. The molecule has 4 rings (SSSR count). The average Bonchev–Trinajstić information content (AvgIpc) is 2.79. The Morgan fingerprint density at radius 3 is 2.22 bits per heavy atom. The lowest BCUT2D eigenvalue weighted by Gasteiger charge is -2.36. The number of rotatable bonds is 6. The van der Waals surface area contributed by atoms with Gasteiger partial charge < -0.3 is 4.90 Å². The van der Waals surface area contributed by atoms with E-state index in [0.29, 0.717) is 5.56 Å². The second kappa shape index (κ2) is 9.83. The van der Waals surface area contributed by atoms with E-state index in [9.17, 15) is 8.42 Å². The van der Waals surface area contributed by atoms with Gasteiger partial charge in [-0.3, -0.25) is 9.45 Å². The van der Waals surface area contributed by atoms with Gasteiger partial charge in [0.15, 0.2) is 0 Å². The van der Waals surface area contributed by atoms with Crippen molar-refractivity contribution in [3.05, 3.63) is 88.9 Å². The maximum absolute atomic E-state index is 10.7. The van der Waals surface area contributed by atoms with E-state index in [-0.39, 0.29) is 0 Å². The van der Waals surface area contributed by atoms with Crippen LogP contribution in [0.2, 0.25) is 5.02 Å². The molecule has 1 fully saturated rings. The van der Waals surface area contributed by atoms with Gasteiger partial charge >= 0.3 is 10.3 Å². The van der Waals surface area contributed by atoms with Crippen molar-refractivity contribution in [1.29, 1.82) is 0 Å². The Morgan fingerprint density at radius 2 is 1.56 bits per heavy atom. The molecule has 32 heavy (non-hydrogen) atoms. The first-order valence-electron chi connectivity index (χ1n) is 10.3. The van der Waals surface area contributed by atoms with E-state index in [1.807, 2.05) is 24.3 Å². The summed E-state index contributed by atoms with van der Waals surface area (Å²) in [7, 11) is -4.36. The van der Waals surface area contributed by atoms with Gasteiger partial charge in [0, 0.05) is 49.6 Å². The molecule has 1 saturated heterocycles. The number of nitrogens with zero attached hydrogens (tertiary/aromatic N) is 3. The van der Waals surface area contributed by atoms with E-state index in [0.717, 1.165) is 49.6 Å². The summed E-state index contributed by atoms with van der Waals surface area (Å²) in [6, 6.07) is 23.9. The summed E-state index contributed by atoms with van der Waals surface area (Å²) in [6.45, 7) is 4.59. The highest BCUT2D eigenvalue weighted by atomic mass is 35.5. The van der Waals surface area contributed by atoms with Crippen LogP contribution in [-0.4, -0.2) is 50.3 Å². The van der Waals surface area contributed by atoms with Crippen LogP contribution < -0.4 is 4.90 Å². The summed E-state index contributed by atoms with van der Waals surface area (Å²) < 4.78 is 33.3. The molecule has 1 heterocycles. The van der Waals surface area contributed by atoms with Crippen molar-refractivity contribution >= 4 is 33.8 Å². The van der Waals surface area contributed by atoms with Crippen molar-refractivity contribution in [3.63, 3.8) is 0 Å². The average molecular weight is 470 g/mol. The molecule has 0 radical (unpaired) electrons. The summed E-state index contributed by atoms with van der Waals surface area (Å²) >= 11 is 6.05. The lowest BCUT2D eigenvalue weighted by molar-refractivity contribution is 0.250. The number of hydrogen-bond acceptors (Lipinski definition) is 4. The van der Waals surface area contributed by atoms with Crippen LogP contribution in [0.5, 0.6) is 0 Å². The highest BCUT2D eigenvalue weighted by Crippen LogP contribution is 2.27. The fraction of sp³-hybridized carbons (Fsp3) is 0.208. The maximum Gasteiger partial charge on any atom is 0.378 e. The summed E-state index contributed by atoms with van der Waals surface area (Å²) in [6.07, 6.45) is 1.13. The summed E-state index contributed by atoms with van der Waals surface area (Å²) in [5, 5.41) is 0.737. The van der Waals surface area contributed by atoms with Gasteiger partial charge in [0.05, 0.1) is 0 Å². The first-order chi connectivity index (χ1) is 15.4. The molecule has 3 aromatic rings. The van der Waals surface area contributed by atoms with Gasteiger partial charge in [-0.05, 0) is 46.5 Å². The number of hydrogen-bond donors (Lipinski definition) is 1. The van der Waals surface area contributed by atoms with Crippen LogP contribution in [0.3, 0.4) is 0 Å².